The third-order valence-electron chi connectivity index (χ3n) is 2.94. The molecule has 0 amide bonds. The van der Waals surface area contributed by atoms with Crippen molar-refractivity contribution in [3.63, 3.8) is 0 Å². The molecule has 1 aliphatic rings. The molecular weight excluding hydrogens is 293 g/mol. The minimum Gasteiger partial charge on any atom is -0.478 e. The minimum atomic E-state index is -4.28. The van der Waals surface area contributed by atoms with Crippen LogP contribution in [0.4, 0.5) is 19.0 Å². The molecule has 1 aromatic rings. The van der Waals surface area contributed by atoms with Gasteiger partial charge in [0.05, 0.1) is 0 Å². The number of pyridine rings is 1. The monoisotopic (exact) mass is 306 g/mol. The SMILES string of the molecule is O=C(O)c1cc2c(nc1NCCSC(F)(F)F)CCC2. The Hall–Kier alpha value is -1.44. The van der Waals surface area contributed by atoms with Gasteiger partial charge < -0.3 is 10.4 Å². The second kappa shape index (κ2) is 5.90. The van der Waals surface area contributed by atoms with Crippen LogP contribution in [0.5, 0.6) is 0 Å². The van der Waals surface area contributed by atoms with Crippen molar-refractivity contribution in [1.29, 1.82) is 0 Å². The number of fused-ring (bicyclic) bond motifs is 1. The van der Waals surface area contributed by atoms with Crippen molar-refractivity contribution in [2.75, 3.05) is 17.6 Å². The van der Waals surface area contributed by atoms with Crippen LogP contribution in [0.15, 0.2) is 6.07 Å². The molecule has 8 heteroatoms. The molecule has 0 aromatic carbocycles. The van der Waals surface area contributed by atoms with Crippen LogP contribution < -0.4 is 5.32 Å². The average molecular weight is 306 g/mol. The van der Waals surface area contributed by atoms with E-state index in [1.165, 1.54) is 0 Å². The Morgan fingerprint density at radius 2 is 2.20 bits per heavy atom. The van der Waals surface area contributed by atoms with E-state index >= 15 is 0 Å². The van der Waals surface area contributed by atoms with Gasteiger partial charge in [0.2, 0.25) is 0 Å². The van der Waals surface area contributed by atoms with Gasteiger partial charge >= 0.3 is 11.5 Å². The number of thioether (sulfide) groups is 1. The summed E-state index contributed by atoms with van der Waals surface area (Å²) in [5.41, 5.74) is -2.51. The molecule has 20 heavy (non-hydrogen) atoms. The molecule has 0 aliphatic heterocycles. The first-order valence-corrected chi connectivity index (χ1v) is 7.06. The maximum Gasteiger partial charge on any atom is 0.441 e. The van der Waals surface area contributed by atoms with E-state index in [1.807, 2.05) is 0 Å². The first kappa shape index (κ1) is 15.0. The molecule has 1 heterocycles. The predicted octanol–water partition coefficient (Wildman–Crippen LogP) is 2.93. The summed E-state index contributed by atoms with van der Waals surface area (Å²) in [6.07, 6.45) is 2.50. The fourth-order valence-electron chi connectivity index (χ4n) is 2.11. The zero-order chi connectivity index (χ0) is 14.8. The van der Waals surface area contributed by atoms with Gasteiger partial charge in [0.1, 0.15) is 11.4 Å². The van der Waals surface area contributed by atoms with Crippen LogP contribution in [0.2, 0.25) is 0 Å². The minimum absolute atomic E-state index is 0.0102. The van der Waals surface area contributed by atoms with Gasteiger partial charge in [0.25, 0.3) is 0 Å². The van der Waals surface area contributed by atoms with Gasteiger partial charge in [-0.3, -0.25) is 0 Å². The molecule has 0 unspecified atom stereocenters. The van der Waals surface area contributed by atoms with Crippen molar-refractivity contribution in [2.24, 2.45) is 0 Å². The van der Waals surface area contributed by atoms with Crippen molar-refractivity contribution < 1.29 is 23.1 Å². The zero-order valence-corrected chi connectivity index (χ0v) is 11.3. The molecule has 0 spiro atoms. The first-order chi connectivity index (χ1) is 9.37. The number of rotatable bonds is 5. The summed E-state index contributed by atoms with van der Waals surface area (Å²) in [4.78, 5) is 15.4. The summed E-state index contributed by atoms with van der Waals surface area (Å²) in [6, 6.07) is 1.57. The van der Waals surface area contributed by atoms with E-state index < -0.39 is 11.5 Å². The molecule has 0 bridgehead atoms. The van der Waals surface area contributed by atoms with E-state index in [4.69, 9.17) is 5.11 Å². The second-order valence-corrected chi connectivity index (χ2v) is 5.53. The van der Waals surface area contributed by atoms with Crippen LogP contribution in [0.1, 0.15) is 28.0 Å². The van der Waals surface area contributed by atoms with Crippen molar-refractivity contribution in [3.05, 3.63) is 22.9 Å². The number of aromatic carboxylic acids is 1. The summed E-state index contributed by atoms with van der Waals surface area (Å²) >= 11 is -0.145. The van der Waals surface area contributed by atoms with E-state index in [0.717, 1.165) is 30.5 Å². The third-order valence-corrected chi connectivity index (χ3v) is 3.68. The highest BCUT2D eigenvalue weighted by atomic mass is 32.2. The molecule has 2 rings (SSSR count). The van der Waals surface area contributed by atoms with Crippen LogP contribution in [0, 0.1) is 0 Å². The molecule has 1 aromatic heterocycles. The van der Waals surface area contributed by atoms with Gasteiger partial charge in [0, 0.05) is 18.0 Å². The highest BCUT2D eigenvalue weighted by molar-refractivity contribution is 8.00. The van der Waals surface area contributed by atoms with E-state index in [-0.39, 0.29) is 35.4 Å². The quantitative estimate of drug-likeness (QED) is 0.819. The Balaban J connectivity index is 2.05. The fraction of sp³-hybridized carbons (Fsp3) is 0.500. The Labute approximate surface area is 117 Å². The summed E-state index contributed by atoms with van der Waals surface area (Å²) < 4.78 is 36.0. The highest BCUT2D eigenvalue weighted by Crippen LogP contribution is 2.30. The highest BCUT2D eigenvalue weighted by Gasteiger charge is 2.27. The van der Waals surface area contributed by atoms with Gasteiger partial charge in [-0.2, -0.15) is 13.2 Å². The van der Waals surface area contributed by atoms with Crippen molar-refractivity contribution in [2.45, 2.75) is 24.8 Å². The first-order valence-electron chi connectivity index (χ1n) is 6.07. The van der Waals surface area contributed by atoms with Crippen molar-refractivity contribution in [1.82, 2.24) is 4.98 Å². The summed E-state index contributed by atoms with van der Waals surface area (Å²) in [5.74, 6) is -1.17. The number of nitrogens with zero attached hydrogens (tertiary/aromatic N) is 1. The fourth-order valence-corrected chi connectivity index (χ4v) is 2.54. The van der Waals surface area contributed by atoms with E-state index in [9.17, 15) is 18.0 Å². The molecule has 1 aliphatic carbocycles. The number of carbonyl (C=O) groups is 1. The van der Waals surface area contributed by atoms with Gasteiger partial charge in [-0.15, -0.1) is 0 Å². The maximum absolute atomic E-state index is 12.0. The summed E-state index contributed by atoms with van der Waals surface area (Å²) in [7, 11) is 0. The average Bonchev–Trinajstić information content (AvgIpc) is 2.79. The zero-order valence-electron chi connectivity index (χ0n) is 10.5. The van der Waals surface area contributed by atoms with Crippen molar-refractivity contribution >= 4 is 23.5 Å². The molecule has 110 valence electrons. The van der Waals surface area contributed by atoms with Crippen LogP contribution in [-0.4, -0.2) is 33.9 Å². The largest absolute Gasteiger partial charge is 0.478 e. The molecule has 0 fully saturated rings. The van der Waals surface area contributed by atoms with E-state index in [2.05, 4.69) is 10.3 Å². The molecule has 0 saturated carbocycles. The van der Waals surface area contributed by atoms with Gasteiger partial charge in [-0.05, 0) is 42.7 Å². The van der Waals surface area contributed by atoms with E-state index in [0.29, 0.717) is 0 Å². The summed E-state index contributed by atoms with van der Waals surface area (Å²) in [6.45, 7) is 0.0102. The Bertz CT molecular complexity index is 520. The van der Waals surface area contributed by atoms with Crippen LogP contribution in [0.25, 0.3) is 0 Å². The predicted molar refractivity (Wildman–Crippen MR) is 70.2 cm³/mol. The smallest absolute Gasteiger partial charge is 0.441 e. The molecule has 0 radical (unpaired) electrons. The molecule has 0 atom stereocenters. The number of alkyl halides is 3. The number of hydrogen-bond acceptors (Lipinski definition) is 4. The van der Waals surface area contributed by atoms with Gasteiger partial charge in [0.15, 0.2) is 0 Å². The maximum atomic E-state index is 12.0. The van der Waals surface area contributed by atoms with Gasteiger partial charge in [-0.1, -0.05) is 0 Å². The van der Waals surface area contributed by atoms with Gasteiger partial charge in [-0.25, -0.2) is 9.78 Å². The number of halogens is 3. The lowest BCUT2D eigenvalue weighted by molar-refractivity contribution is -0.0327. The van der Waals surface area contributed by atoms with Crippen LogP contribution in [0.3, 0.4) is 0 Å². The Morgan fingerprint density at radius 3 is 2.85 bits per heavy atom. The lowest BCUT2D eigenvalue weighted by Crippen LogP contribution is -2.14. The summed E-state index contributed by atoms with van der Waals surface area (Å²) in [5, 5.41) is 11.8. The Morgan fingerprint density at radius 1 is 1.45 bits per heavy atom. The second-order valence-electron chi connectivity index (χ2n) is 4.37. The number of carboxylic acids is 1. The van der Waals surface area contributed by atoms with Crippen LogP contribution >= 0.6 is 11.8 Å². The van der Waals surface area contributed by atoms with Crippen LogP contribution in [-0.2, 0) is 12.8 Å². The number of aryl methyl sites for hydroxylation is 2. The molecule has 2 N–H and O–H groups in total. The topological polar surface area (TPSA) is 62.2 Å². The lowest BCUT2D eigenvalue weighted by atomic mass is 10.1. The molecular formula is C12H13F3N2O2S. The molecule has 4 nitrogen and oxygen atoms in total. The number of nitrogens with one attached hydrogen (secondary N) is 1. The third kappa shape index (κ3) is 3.78. The number of aromatic nitrogens is 1. The number of anilines is 1. The Kier molecular flexibility index (Phi) is 4.42. The van der Waals surface area contributed by atoms with E-state index in [1.54, 1.807) is 6.07 Å². The molecule has 0 saturated heterocycles. The lowest BCUT2D eigenvalue weighted by Gasteiger charge is -2.11. The number of carboxylic acid groups (broad SMARTS) is 1. The van der Waals surface area contributed by atoms with Crippen molar-refractivity contribution in [3.8, 4) is 0 Å². The number of hydrogen-bond donors (Lipinski definition) is 2. The normalized spacial score (nSPS) is 14.2. The standard InChI is InChI=1S/C12H13F3N2O2S/c13-12(14,15)20-5-4-16-10-8(11(18)19)6-7-2-1-3-9(7)17-10/h6H,1-5H2,(H,16,17)(H,18,19).